The van der Waals surface area contributed by atoms with Gasteiger partial charge in [-0.1, -0.05) is 11.6 Å². The van der Waals surface area contributed by atoms with Crippen molar-refractivity contribution in [2.45, 2.75) is 10.6 Å². The fourth-order valence-electron chi connectivity index (χ4n) is 1.58. The first-order valence-corrected chi connectivity index (χ1v) is 7.17. The van der Waals surface area contributed by atoms with E-state index in [1.807, 2.05) is 0 Å². The van der Waals surface area contributed by atoms with E-state index in [1.54, 1.807) is 0 Å². The fraction of sp³-hybridized carbons (Fsp3) is 0.0769. The summed E-state index contributed by atoms with van der Waals surface area (Å²) in [6.45, 7) is 0. The molecule has 0 bridgehead atoms. The highest BCUT2D eigenvalue weighted by molar-refractivity contribution is 7.84. The Morgan fingerprint density at radius 2 is 2.10 bits per heavy atom. The Morgan fingerprint density at radius 1 is 1.35 bits per heavy atom. The number of halogens is 2. The Bertz CT molecular complexity index is 693. The van der Waals surface area contributed by atoms with E-state index in [4.69, 9.17) is 16.7 Å². The summed E-state index contributed by atoms with van der Waals surface area (Å²) in [7, 11) is -1.51. The summed E-state index contributed by atoms with van der Waals surface area (Å²) in [5.41, 5.74) is 0.352. The first kappa shape index (κ1) is 14.6. The van der Waals surface area contributed by atoms with E-state index >= 15 is 0 Å². The second-order valence-corrected chi connectivity index (χ2v) is 5.81. The second kappa shape index (κ2) is 6.11. The fourth-order valence-corrected chi connectivity index (χ4v) is 2.87. The van der Waals surface area contributed by atoms with Crippen LogP contribution in [0, 0.1) is 5.82 Å². The Balaban J connectivity index is 2.26. The Labute approximate surface area is 121 Å². The van der Waals surface area contributed by atoms with Gasteiger partial charge in [-0.2, -0.15) is 0 Å². The molecular formula is C13H9ClFNO3S. The highest BCUT2D eigenvalue weighted by Crippen LogP contribution is 2.21. The number of hydrogen-bond acceptors (Lipinski definition) is 3. The summed E-state index contributed by atoms with van der Waals surface area (Å²) in [4.78, 5) is 14.9. The third-order valence-electron chi connectivity index (χ3n) is 2.49. The molecule has 1 heterocycles. The number of nitrogens with zero attached hydrogens (tertiary/aromatic N) is 1. The zero-order valence-corrected chi connectivity index (χ0v) is 11.6. The maximum absolute atomic E-state index is 13.0. The van der Waals surface area contributed by atoms with Crippen LogP contribution >= 0.6 is 11.6 Å². The van der Waals surface area contributed by atoms with E-state index < -0.39 is 22.6 Å². The van der Waals surface area contributed by atoms with E-state index in [2.05, 4.69) is 4.98 Å². The van der Waals surface area contributed by atoms with Crippen molar-refractivity contribution in [2.24, 2.45) is 0 Å². The third kappa shape index (κ3) is 3.40. The number of carbonyl (C=O) groups is 1. The van der Waals surface area contributed by atoms with E-state index in [1.165, 1.54) is 30.5 Å². The lowest BCUT2D eigenvalue weighted by Gasteiger charge is -2.05. The molecule has 0 aliphatic heterocycles. The predicted octanol–water partition coefficient (Wildman–Crippen LogP) is 2.88. The minimum atomic E-state index is -1.51. The molecule has 2 aromatic rings. The van der Waals surface area contributed by atoms with Crippen molar-refractivity contribution in [3.63, 3.8) is 0 Å². The van der Waals surface area contributed by atoms with Crippen LogP contribution in [0.15, 0.2) is 41.6 Å². The van der Waals surface area contributed by atoms with Gasteiger partial charge in [-0.25, -0.2) is 9.18 Å². The molecule has 1 atom stereocenters. The van der Waals surface area contributed by atoms with Crippen LogP contribution in [0.2, 0.25) is 5.02 Å². The summed E-state index contributed by atoms with van der Waals surface area (Å²) in [5.74, 6) is -1.66. The third-order valence-corrected chi connectivity index (χ3v) is 4.20. The van der Waals surface area contributed by atoms with E-state index in [0.29, 0.717) is 10.5 Å². The first-order chi connectivity index (χ1) is 9.47. The average molecular weight is 314 g/mol. The lowest BCUT2D eigenvalue weighted by molar-refractivity contribution is 0.0697. The molecule has 0 saturated heterocycles. The van der Waals surface area contributed by atoms with Gasteiger partial charge < -0.3 is 5.11 Å². The van der Waals surface area contributed by atoms with Crippen molar-refractivity contribution in [3.8, 4) is 0 Å². The molecular weight excluding hydrogens is 305 g/mol. The molecule has 1 N–H and O–H groups in total. The van der Waals surface area contributed by atoms with Crippen LogP contribution in [-0.4, -0.2) is 20.3 Å². The van der Waals surface area contributed by atoms with Gasteiger partial charge >= 0.3 is 5.97 Å². The molecule has 7 heteroatoms. The van der Waals surface area contributed by atoms with Crippen molar-refractivity contribution >= 4 is 28.4 Å². The van der Waals surface area contributed by atoms with Gasteiger partial charge in [-0.15, -0.1) is 0 Å². The van der Waals surface area contributed by atoms with Crippen LogP contribution in [0.4, 0.5) is 4.39 Å². The summed E-state index contributed by atoms with van der Waals surface area (Å²) < 4.78 is 25.1. The van der Waals surface area contributed by atoms with Gasteiger partial charge in [0.1, 0.15) is 5.82 Å². The zero-order chi connectivity index (χ0) is 14.7. The smallest absolute Gasteiger partial charge is 0.337 e. The molecule has 2 rings (SSSR count). The van der Waals surface area contributed by atoms with Gasteiger partial charge in [0.25, 0.3) is 0 Å². The number of carboxylic acids is 1. The number of pyridine rings is 1. The second-order valence-electron chi connectivity index (χ2n) is 3.95. The van der Waals surface area contributed by atoms with Crippen molar-refractivity contribution in [2.75, 3.05) is 0 Å². The molecule has 104 valence electrons. The van der Waals surface area contributed by atoms with Crippen LogP contribution in [0.1, 0.15) is 15.9 Å². The number of rotatable bonds is 4. The highest BCUT2D eigenvalue weighted by Gasteiger charge is 2.13. The van der Waals surface area contributed by atoms with E-state index in [9.17, 15) is 13.4 Å². The van der Waals surface area contributed by atoms with Crippen LogP contribution in [0.3, 0.4) is 0 Å². The van der Waals surface area contributed by atoms with Gasteiger partial charge in [-0.05, 0) is 29.8 Å². The molecule has 0 saturated carbocycles. The van der Waals surface area contributed by atoms with Crippen molar-refractivity contribution in [3.05, 3.63) is 58.6 Å². The van der Waals surface area contributed by atoms with Gasteiger partial charge in [-0.3, -0.25) is 9.19 Å². The van der Waals surface area contributed by atoms with Crippen LogP contribution in [0.5, 0.6) is 0 Å². The van der Waals surface area contributed by atoms with Crippen LogP contribution in [-0.2, 0) is 16.6 Å². The Morgan fingerprint density at radius 3 is 2.75 bits per heavy atom. The van der Waals surface area contributed by atoms with Crippen molar-refractivity contribution < 1.29 is 18.5 Å². The molecule has 0 aliphatic rings. The zero-order valence-electron chi connectivity index (χ0n) is 10.0. The van der Waals surface area contributed by atoms with Crippen LogP contribution in [0.25, 0.3) is 0 Å². The molecule has 0 aliphatic carbocycles. The van der Waals surface area contributed by atoms with Gasteiger partial charge in [0.15, 0.2) is 0 Å². The molecule has 1 unspecified atom stereocenters. The SMILES string of the molecule is O=C(O)c1cc(S(=O)Cc2cncc(F)c2)ccc1Cl. The molecule has 1 aromatic carbocycles. The lowest BCUT2D eigenvalue weighted by Crippen LogP contribution is -2.02. The normalized spacial score (nSPS) is 12.1. The lowest BCUT2D eigenvalue weighted by atomic mass is 10.2. The predicted molar refractivity (Wildman–Crippen MR) is 72.7 cm³/mol. The molecule has 1 aromatic heterocycles. The molecule has 0 amide bonds. The summed E-state index contributed by atoms with van der Waals surface area (Å²) >= 11 is 5.74. The summed E-state index contributed by atoms with van der Waals surface area (Å²) in [6, 6.07) is 5.35. The monoisotopic (exact) mass is 313 g/mol. The van der Waals surface area contributed by atoms with Crippen LogP contribution < -0.4 is 0 Å². The largest absolute Gasteiger partial charge is 0.478 e. The summed E-state index contributed by atoms with van der Waals surface area (Å²) in [6.07, 6.45) is 2.46. The van der Waals surface area contributed by atoms with Gasteiger partial charge in [0.2, 0.25) is 0 Å². The van der Waals surface area contributed by atoms with Gasteiger partial charge in [0.05, 0.1) is 33.3 Å². The maximum atomic E-state index is 13.0. The van der Waals surface area contributed by atoms with E-state index in [-0.39, 0.29) is 16.3 Å². The van der Waals surface area contributed by atoms with Gasteiger partial charge in [0, 0.05) is 11.1 Å². The number of aromatic nitrogens is 1. The number of aromatic carboxylic acids is 1. The topological polar surface area (TPSA) is 67.3 Å². The standard InChI is InChI=1S/C13H9ClFNO3S/c14-12-2-1-10(4-11(12)13(17)18)20(19)7-8-3-9(15)6-16-5-8/h1-6H,7H2,(H,17,18). The molecule has 0 radical (unpaired) electrons. The Hall–Kier alpha value is -1.79. The maximum Gasteiger partial charge on any atom is 0.337 e. The number of benzene rings is 1. The minimum absolute atomic E-state index is 0.0471. The highest BCUT2D eigenvalue weighted by atomic mass is 35.5. The van der Waals surface area contributed by atoms with E-state index in [0.717, 1.165) is 6.20 Å². The molecule has 0 fully saturated rings. The first-order valence-electron chi connectivity index (χ1n) is 5.48. The molecule has 20 heavy (non-hydrogen) atoms. The quantitative estimate of drug-likeness (QED) is 0.942. The summed E-state index contributed by atoms with van der Waals surface area (Å²) in [5, 5.41) is 9.03. The molecule has 0 spiro atoms. The number of carboxylic acid groups (broad SMARTS) is 1. The van der Waals surface area contributed by atoms with Crippen molar-refractivity contribution in [1.29, 1.82) is 0 Å². The Kier molecular flexibility index (Phi) is 4.46. The molecule has 4 nitrogen and oxygen atoms in total. The number of hydrogen-bond donors (Lipinski definition) is 1. The van der Waals surface area contributed by atoms with Crippen molar-refractivity contribution in [1.82, 2.24) is 4.98 Å². The average Bonchev–Trinajstić information content (AvgIpc) is 2.38. The minimum Gasteiger partial charge on any atom is -0.478 e.